The van der Waals surface area contributed by atoms with E-state index in [1.54, 1.807) is 19.2 Å². The summed E-state index contributed by atoms with van der Waals surface area (Å²) in [5.41, 5.74) is 1.25. The lowest BCUT2D eigenvalue weighted by Crippen LogP contribution is -2.30. The predicted octanol–water partition coefficient (Wildman–Crippen LogP) is 3.29. The first kappa shape index (κ1) is 15.4. The minimum atomic E-state index is -0.988. The van der Waals surface area contributed by atoms with Crippen LogP contribution in [0.5, 0.6) is 0 Å². The SMILES string of the molecule is CC(C(=O)O)C(C)C(=O)Nc1cccc2cc(Br)cnc12. The van der Waals surface area contributed by atoms with Crippen molar-refractivity contribution in [2.75, 3.05) is 5.32 Å². The van der Waals surface area contributed by atoms with Gasteiger partial charge >= 0.3 is 5.97 Å². The van der Waals surface area contributed by atoms with E-state index in [-0.39, 0.29) is 5.91 Å². The first-order valence-corrected chi connectivity index (χ1v) is 7.27. The van der Waals surface area contributed by atoms with Crippen LogP contribution in [0.3, 0.4) is 0 Å². The van der Waals surface area contributed by atoms with Crippen LogP contribution in [0.15, 0.2) is 34.9 Å². The summed E-state index contributed by atoms with van der Waals surface area (Å²) in [6.07, 6.45) is 1.65. The molecule has 2 N–H and O–H groups in total. The zero-order valence-electron chi connectivity index (χ0n) is 11.6. The molecule has 5 nitrogen and oxygen atoms in total. The van der Waals surface area contributed by atoms with Gasteiger partial charge < -0.3 is 10.4 Å². The number of amides is 1. The lowest BCUT2D eigenvalue weighted by Gasteiger charge is -2.16. The Hall–Kier alpha value is -1.95. The molecule has 0 saturated heterocycles. The van der Waals surface area contributed by atoms with Crippen molar-refractivity contribution in [1.82, 2.24) is 4.98 Å². The molecule has 2 unspecified atom stereocenters. The van der Waals surface area contributed by atoms with Gasteiger partial charge in [0.05, 0.1) is 17.1 Å². The van der Waals surface area contributed by atoms with E-state index >= 15 is 0 Å². The first-order chi connectivity index (χ1) is 9.90. The van der Waals surface area contributed by atoms with Gasteiger partial charge in [-0.25, -0.2) is 0 Å². The van der Waals surface area contributed by atoms with Gasteiger partial charge in [-0.15, -0.1) is 0 Å². The van der Waals surface area contributed by atoms with E-state index in [0.717, 1.165) is 9.86 Å². The molecule has 0 saturated carbocycles. The lowest BCUT2D eigenvalue weighted by molar-refractivity contribution is -0.145. The van der Waals surface area contributed by atoms with Crippen molar-refractivity contribution in [2.45, 2.75) is 13.8 Å². The summed E-state index contributed by atoms with van der Waals surface area (Å²) in [6, 6.07) is 7.37. The first-order valence-electron chi connectivity index (χ1n) is 6.48. The highest BCUT2D eigenvalue weighted by Crippen LogP contribution is 2.25. The molecule has 2 atom stereocenters. The van der Waals surface area contributed by atoms with E-state index in [0.29, 0.717) is 11.2 Å². The number of aliphatic carboxylic acids is 1. The largest absolute Gasteiger partial charge is 0.481 e. The monoisotopic (exact) mass is 350 g/mol. The third-order valence-electron chi connectivity index (χ3n) is 3.49. The average Bonchev–Trinajstić information content (AvgIpc) is 2.45. The van der Waals surface area contributed by atoms with Gasteiger partial charge in [0.2, 0.25) is 5.91 Å². The summed E-state index contributed by atoms with van der Waals surface area (Å²) in [5, 5.41) is 12.6. The van der Waals surface area contributed by atoms with Gasteiger partial charge in [-0.1, -0.05) is 26.0 Å². The number of anilines is 1. The van der Waals surface area contributed by atoms with Gasteiger partial charge in [0.15, 0.2) is 0 Å². The minimum Gasteiger partial charge on any atom is -0.481 e. The van der Waals surface area contributed by atoms with E-state index in [4.69, 9.17) is 5.11 Å². The summed E-state index contributed by atoms with van der Waals surface area (Å²) in [4.78, 5) is 27.4. The summed E-state index contributed by atoms with van der Waals surface area (Å²) in [6.45, 7) is 3.12. The number of fused-ring (bicyclic) bond motifs is 1. The van der Waals surface area contributed by atoms with Crippen molar-refractivity contribution in [3.63, 3.8) is 0 Å². The number of aromatic nitrogens is 1. The minimum absolute atomic E-state index is 0.331. The number of carbonyl (C=O) groups is 2. The van der Waals surface area contributed by atoms with Crippen molar-refractivity contribution >= 4 is 44.4 Å². The molecule has 1 aromatic carbocycles. The van der Waals surface area contributed by atoms with Crippen LogP contribution < -0.4 is 5.32 Å². The number of carboxylic acid groups (broad SMARTS) is 1. The molecule has 2 aromatic rings. The summed E-state index contributed by atoms with van der Waals surface area (Å²) >= 11 is 3.35. The maximum absolute atomic E-state index is 12.2. The third-order valence-corrected chi connectivity index (χ3v) is 3.92. The van der Waals surface area contributed by atoms with E-state index in [1.807, 2.05) is 18.2 Å². The summed E-state index contributed by atoms with van der Waals surface area (Å²) in [7, 11) is 0. The molecule has 0 fully saturated rings. The van der Waals surface area contributed by atoms with Crippen LogP contribution in [0.2, 0.25) is 0 Å². The molecule has 0 bridgehead atoms. The van der Waals surface area contributed by atoms with Gasteiger partial charge in [-0.05, 0) is 28.1 Å². The number of benzene rings is 1. The molecule has 2 rings (SSSR count). The smallest absolute Gasteiger partial charge is 0.307 e. The number of carboxylic acids is 1. The Morgan fingerprint density at radius 1 is 1.29 bits per heavy atom. The molecule has 1 heterocycles. The Kier molecular flexibility index (Phi) is 4.57. The maximum Gasteiger partial charge on any atom is 0.307 e. The van der Waals surface area contributed by atoms with Crippen LogP contribution in [-0.2, 0) is 9.59 Å². The van der Waals surface area contributed by atoms with E-state index in [9.17, 15) is 9.59 Å². The Morgan fingerprint density at radius 3 is 2.67 bits per heavy atom. The molecule has 6 heteroatoms. The number of rotatable bonds is 4. The van der Waals surface area contributed by atoms with Crippen molar-refractivity contribution in [3.05, 3.63) is 34.9 Å². The number of para-hydroxylation sites is 1. The van der Waals surface area contributed by atoms with Gasteiger partial charge in [0.25, 0.3) is 0 Å². The lowest BCUT2D eigenvalue weighted by atomic mass is 9.95. The van der Waals surface area contributed by atoms with Crippen molar-refractivity contribution in [3.8, 4) is 0 Å². The number of pyridine rings is 1. The highest BCUT2D eigenvalue weighted by Gasteiger charge is 2.26. The van der Waals surface area contributed by atoms with Crippen LogP contribution in [-0.4, -0.2) is 22.0 Å². The van der Waals surface area contributed by atoms with Crippen molar-refractivity contribution in [1.29, 1.82) is 0 Å². The molecule has 110 valence electrons. The molecule has 0 radical (unpaired) electrons. The Bertz CT molecular complexity index is 702. The normalized spacial score (nSPS) is 13.7. The maximum atomic E-state index is 12.2. The molecule has 0 spiro atoms. The fourth-order valence-corrected chi connectivity index (χ4v) is 2.27. The number of hydrogen-bond donors (Lipinski definition) is 2. The van der Waals surface area contributed by atoms with Crippen molar-refractivity contribution < 1.29 is 14.7 Å². The Labute approximate surface area is 130 Å². The van der Waals surface area contributed by atoms with Crippen LogP contribution >= 0.6 is 15.9 Å². The second-order valence-corrected chi connectivity index (χ2v) is 5.85. The highest BCUT2D eigenvalue weighted by molar-refractivity contribution is 9.10. The standard InChI is InChI=1S/C15H15BrN2O3/c1-8(9(2)15(20)21)14(19)18-12-5-3-4-10-6-11(16)7-17-13(10)12/h3-9H,1-2H3,(H,18,19)(H,20,21). The van der Waals surface area contributed by atoms with E-state index in [1.165, 1.54) is 6.92 Å². The number of carbonyl (C=O) groups excluding carboxylic acids is 1. The van der Waals surface area contributed by atoms with Gasteiger partial charge in [0.1, 0.15) is 0 Å². The average molecular weight is 351 g/mol. The molecular weight excluding hydrogens is 336 g/mol. The molecule has 0 aliphatic heterocycles. The van der Waals surface area contributed by atoms with E-state index in [2.05, 4.69) is 26.2 Å². The number of halogens is 1. The van der Waals surface area contributed by atoms with Crippen LogP contribution in [0.25, 0.3) is 10.9 Å². The molecule has 1 aromatic heterocycles. The van der Waals surface area contributed by atoms with Gasteiger partial charge in [-0.3, -0.25) is 14.6 Å². The van der Waals surface area contributed by atoms with Crippen molar-refractivity contribution in [2.24, 2.45) is 11.8 Å². The second kappa shape index (κ2) is 6.22. The molecule has 0 aliphatic rings. The Balaban J connectivity index is 2.28. The van der Waals surface area contributed by atoms with Crippen LogP contribution in [0, 0.1) is 11.8 Å². The number of nitrogens with zero attached hydrogens (tertiary/aromatic N) is 1. The highest BCUT2D eigenvalue weighted by atomic mass is 79.9. The number of nitrogens with one attached hydrogen (secondary N) is 1. The van der Waals surface area contributed by atoms with E-state index < -0.39 is 17.8 Å². The topological polar surface area (TPSA) is 79.3 Å². The fourth-order valence-electron chi connectivity index (χ4n) is 1.92. The quantitative estimate of drug-likeness (QED) is 0.886. The zero-order chi connectivity index (χ0) is 15.6. The molecule has 0 aliphatic carbocycles. The molecule has 21 heavy (non-hydrogen) atoms. The third kappa shape index (κ3) is 3.39. The van der Waals surface area contributed by atoms with Gasteiger partial charge in [0, 0.05) is 22.0 Å². The predicted molar refractivity (Wildman–Crippen MR) is 84.0 cm³/mol. The summed E-state index contributed by atoms with van der Waals surface area (Å²) < 4.78 is 0.853. The molecule has 1 amide bonds. The zero-order valence-corrected chi connectivity index (χ0v) is 13.2. The molecular formula is C15H15BrN2O3. The second-order valence-electron chi connectivity index (χ2n) is 4.94. The fraction of sp³-hybridized carbons (Fsp3) is 0.267. The van der Waals surface area contributed by atoms with Crippen LogP contribution in [0.1, 0.15) is 13.8 Å². The van der Waals surface area contributed by atoms with Gasteiger partial charge in [-0.2, -0.15) is 0 Å². The summed E-state index contributed by atoms with van der Waals surface area (Å²) in [5.74, 6) is -2.70. The number of hydrogen-bond acceptors (Lipinski definition) is 3. The van der Waals surface area contributed by atoms with Crippen LogP contribution in [0.4, 0.5) is 5.69 Å². The Morgan fingerprint density at radius 2 is 2.00 bits per heavy atom.